The van der Waals surface area contributed by atoms with Crippen LogP contribution in [0.25, 0.3) is 0 Å². The Labute approximate surface area is 103 Å². The van der Waals surface area contributed by atoms with Crippen LogP contribution in [0.2, 0.25) is 0 Å². The number of nitrogens with two attached hydrogens (primary N) is 1. The van der Waals surface area contributed by atoms with Crippen LogP contribution in [0.4, 0.5) is 0 Å². The molecule has 0 aliphatic heterocycles. The molecule has 0 saturated carbocycles. The van der Waals surface area contributed by atoms with Crippen molar-refractivity contribution in [1.29, 1.82) is 0 Å². The van der Waals surface area contributed by atoms with Gasteiger partial charge in [-0.1, -0.05) is 13.3 Å². The van der Waals surface area contributed by atoms with Gasteiger partial charge in [-0.15, -0.1) is 0 Å². The second-order valence-electron chi connectivity index (χ2n) is 4.14. The maximum absolute atomic E-state index is 11.9. The van der Waals surface area contributed by atoms with E-state index in [9.17, 15) is 8.42 Å². The highest BCUT2D eigenvalue weighted by atomic mass is 32.2. The maximum Gasteiger partial charge on any atom is 0.244 e. The molecule has 1 rings (SSSR count). The van der Waals surface area contributed by atoms with Crippen molar-refractivity contribution in [3.05, 3.63) is 24.0 Å². The monoisotopic (exact) mass is 257 g/mol. The normalized spacial score (nSPS) is 13.9. The third kappa shape index (κ3) is 3.24. The van der Waals surface area contributed by atoms with Crippen molar-refractivity contribution in [2.45, 2.75) is 30.7 Å². The molecule has 0 radical (unpaired) electrons. The van der Waals surface area contributed by atoms with E-state index in [2.05, 4.69) is 4.98 Å². The van der Waals surface area contributed by atoms with E-state index >= 15 is 0 Å². The summed E-state index contributed by atoms with van der Waals surface area (Å²) in [6.07, 6.45) is 4.73. The van der Waals surface area contributed by atoms with Crippen LogP contribution in [0, 0.1) is 0 Å². The third-order valence-electron chi connectivity index (χ3n) is 2.54. The predicted molar refractivity (Wildman–Crippen MR) is 66.9 cm³/mol. The zero-order valence-corrected chi connectivity index (χ0v) is 11.2. The van der Waals surface area contributed by atoms with Gasteiger partial charge < -0.3 is 5.73 Å². The van der Waals surface area contributed by atoms with Crippen molar-refractivity contribution in [2.24, 2.45) is 5.73 Å². The molecule has 0 aliphatic carbocycles. The first kappa shape index (κ1) is 14.1. The van der Waals surface area contributed by atoms with E-state index in [1.807, 2.05) is 6.92 Å². The highest BCUT2D eigenvalue weighted by molar-refractivity contribution is 7.89. The van der Waals surface area contributed by atoms with Crippen LogP contribution in [-0.4, -0.2) is 31.8 Å². The van der Waals surface area contributed by atoms with Gasteiger partial charge in [-0.25, -0.2) is 12.7 Å². The minimum atomic E-state index is -3.43. The molecule has 0 aliphatic rings. The molecule has 17 heavy (non-hydrogen) atoms. The summed E-state index contributed by atoms with van der Waals surface area (Å²) in [6.45, 7) is 2.04. The zero-order valence-electron chi connectivity index (χ0n) is 10.4. The molecule has 1 aromatic heterocycles. The summed E-state index contributed by atoms with van der Waals surface area (Å²) >= 11 is 0. The van der Waals surface area contributed by atoms with Crippen LogP contribution in [-0.2, 0) is 10.0 Å². The molecule has 1 heterocycles. The fourth-order valence-corrected chi connectivity index (χ4v) is 2.37. The van der Waals surface area contributed by atoms with Crippen LogP contribution in [0.5, 0.6) is 0 Å². The molecule has 96 valence electrons. The molecule has 0 saturated heterocycles. The fraction of sp³-hybridized carbons (Fsp3) is 0.545. The summed E-state index contributed by atoms with van der Waals surface area (Å²) in [5, 5.41) is 0. The van der Waals surface area contributed by atoms with Crippen molar-refractivity contribution in [3.63, 3.8) is 0 Å². The van der Waals surface area contributed by atoms with Gasteiger partial charge in [-0.05, 0) is 18.1 Å². The quantitative estimate of drug-likeness (QED) is 0.858. The maximum atomic E-state index is 11.9. The van der Waals surface area contributed by atoms with Gasteiger partial charge in [-0.3, -0.25) is 4.98 Å². The number of sulfonamides is 1. The van der Waals surface area contributed by atoms with Crippen LogP contribution in [0.15, 0.2) is 23.4 Å². The second-order valence-corrected chi connectivity index (χ2v) is 6.29. The van der Waals surface area contributed by atoms with E-state index in [1.165, 1.54) is 24.6 Å². The number of hydrogen-bond donors (Lipinski definition) is 1. The molecule has 5 nitrogen and oxygen atoms in total. The first-order valence-electron chi connectivity index (χ1n) is 5.52. The molecule has 6 heteroatoms. The van der Waals surface area contributed by atoms with Crippen molar-refractivity contribution in [2.75, 3.05) is 14.1 Å². The number of pyridine rings is 1. The Hall–Kier alpha value is -0.980. The molecule has 0 fully saturated rings. The predicted octanol–water partition coefficient (Wildman–Crippen LogP) is 1.13. The molecule has 0 amide bonds. The second kappa shape index (κ2) is 5.57. The average molecular weight is 257 g/mol. The standard InChI is InChI=1S/C11H19N3O2S/c1-4-5-11(12)9-6-10(8-13-7-9)17(15,16)14(2)3/h6-8,11H,4-5,12H2,1-3H3. The van der Waals surface area contributed by atoms with Crippen LogP contribution in [0.3, 0.4) is 0 Å². The molecule has 1 atom stereocenters. The summed E-state index contributed by atoms with van der Waals surface area (Å²) < 4.78 is 25.0. The Bertz CT molecular complexity index is 471. The number of rotatable bonds is 5. The molecule has 2 N–H and O–H groups in total. The van der Waals surface area contributed by atoms with Gasteiger partial charge >= 0.3 is 0 Å². The van der Waals surface area contributed by atoms with Gasteiger partial charge in [0.2, 0.25) is 10.0 Å². The third-order valence-corrected chi connectivity index (χ3v) is 4.32. The zero-order chi connectivity index (χ0) is 13.1. The molecular formula is C11H19N3O2S. The fourth-order valence-electron chi connectivity index (χ4n) is 1.47. The molecule has 0 aromatic carbocycles. The Morgan fingerprint density at radius 2 is 2.06 bits per heavy atom. The number of hydrogen-bond acceptors (Lipinski definition) is 4. The summed E-state index contributed by atoms with van der Waals surface area (Å²) in [5.41, 5.74) is 6.70. The van der Waals surface area contributed by atoms with Crippen LogP contribution in [0.1, 0.15) is 31.4 Å². The first-order valence-corrected chi connectivity index (χ1v) is 6.96. The lowest BCUT2D eigenvalue weighted by Gasteiger charge is -2.14. The SMILES string of the molecule is CCCC(N)c1cncc(S(=O)(=O)N(C)C)c1. The molecule has 0 bridgehead atoms. The molecule has 0 spiro atoms. The highest BCUT2D eigenvalue weighted by Gasteiger charge is 2.18. The molecule has 1 unspecified atom stereocenters. The van der Waals surface area contributed by atoms with Crippen LogP contribution < -0.4 is 5.73 Å². The Morgan fingerprint density at radius 1 is 1.41 bits per heavy atom. The van der Waals surface area contributed by atoms with E-state index < -0.39 is 10.0 Å². The van der Waals surface area contributed by atoms with Crippen molar-refractivity contribution < 1.29 is 8.42 Å². The summed E-state index contributed by atoms with van der Waals surface area (Å²) in [4.78, 5) is 4.14. The van der Waals surface area contributed by atoms with Gasteiger partial charge in [0.1, 0.15) is 4.90 Å². The van der Waals surface area contributed by atoms with E-state index in [1.54, 1.807) is 12.3 Å². The number of aromatic nitrogens is 1. The van der Waals surface area contributed by atoms with E-state index in [-0.39, 0.29) is 10.9 Å². The Balaban J connectivity index is 3.10. The minimum absolute atomic E-state index is 0.162. The van der Waals surface area contributed by atoms with Gasteiger partial charge in [0, 0.05) is 32.5 Å². The largest absolute Gasteiger partial charge is 0.324 e. The van der Waals surface area contributed by atoms with Gasteiger partial charge in [0.15, 0.2) is 0 Å². The smallest absolute Gasteiger partial charge is 0.244 e. The van der Waals surface area contributed by atoms with Gasteiger partial charge in [0.05, 0.1) is 0 Å². The highest BCUT2D eigenvalue weighted by Crippen LogP contribution is 2.19. The Kier molecular flexibility index (Phi) is 4.62. The topological polar surface area (TPSA) is 76.3 Å². The van der Waals surface area contributed by atoms with E-state index in [0.29, 0.717) is 0 Å². The van der Waals surface area contributed by atoms with Crippen molar-refractivity contribution in [1.82, 2.24) is 9.29 Å². The van der Waals surface area contributed by atoms with E-state index in [0.717, 1.165) is 18.4 Å². The van der Waals surface area contributed by atoms with E-state index in [4.69, 9.17) is 5.73 Å². The van der Waals surface area contributed by atoms with Gasteiger partial charge in [-0.2, -0.15) is 0 Å². The lowest BCUT2D eigenvalue weighted by Crippen LogP contribution is -2.23. The number of nitrogens with zero attached hydrogens (tertiary/aromatic N) is 2. The van der Waals surface area contributed by atoms with Crippen molar-refractivity contribution >= 4 is 10.0 Å². The molecular weight excluding hydrogens is 238 g/mol. The summed E-state index contributed by atoms with van der Waals surface area (Å²) in [7, 11) is -0.445. The molecule has 1 aromatic rings. The first-order chi connectivity index (χ1) is 7.89. The summed E-state index contributed by atoms with van der Waals surface area (Å²) in [5.74, 6) is 0. The average Bonchev–Trinajstić information content (AvgIpc) is 2.29. The van der Waals surface area contributed by atoms with Gasteiger partial charge in [0.25, 0.3) is 0 Å². The lowest BCUT2D eigenvalue weighted by molar-refractivity contribution is 0.520. The van der Waals surface area contributed by atoms with Crippen LogP contribution >= 0.6 is 0 Å². The minimum Gasteiger partial charge on any atom is -0.324 e. The van der Waals surface area contributed by atoms with Crippen molar-refractivity contribution in [3.8, 4) is 0 Å². The lowest BCUT2D eigenvalue weighted by atomic mass is 10.1. The summed E-state index contributed by atoms with van der Waals surface area (Å²) in [6, 6.07) is 1.44. The Morgan fingerprint density at radius 3 is 2.59 bits per heavy atom.